The van der Waals surface area contributed by atoms with Gasteiger partial charge in [0.25, 0.3) is 5.91 Å². The molecule has 0 aliphatic heterocycles. The summed E-state index contributed by atoms with van der Waals surface area (Å²) in [5.41, 5.74) is 3.83. The predicted octanol–water partition coefficient (Wildman–Crippen LogP) is 2.95. The first-order valence-electron chi connectivity index (χ1n) is 7.84. The maximum absolute atomic E-state index is 12.6. The fraction of sp³-hybridized carbons (Fsp3) is 0.235. The van der Waals surface area contributed by atoms with Crippen molar-refractivity contribution in [3.8, 4) is 0 Å². The summed E-state index contributed by atoms with van der Waals surface area (Å²) in [5, 5.41) is 9.17. The lowest BCUT2D eigenvalue weighted by atomic mass is 9.87. The molecule has 0 spiro atoms. The van der Waals surface area contributed by atoms with E-state index in [1.807, 2.05) is 6.07 Å². The lowest BCUT2D eigenvalue weighted by Gasteiger charge is -2.26. The zero-order valence-electron chi connectivity index (χ0n) is 13.5. The highest BCUT2D eigenvalue weighted by Gasteiger charge is 2.26. The molecule has 9 heteroatoms. The number of carbonyl (C=O) groups excluding carboxylic acids is 1. The third-order valence-corrected chi connectivity index (χ3v) is 6.54. The number of sulfonamides is 1. The largest absolute Gasteiger partial charge is 0.288 e. The van der Waals surface area contributed by atoms with Crippen molar-refractivity contribution >= 4 is 39.1 Å². The molecule has 0 saturated carbocycles. The van der Waals surface area contributed by atoms with Crippen LogP contribution < -0.4 is 10.2 Å². The molecule has 3 N–H and O–H groups in total. The molecule has 1 atom stereocenters. The van der Waals surface area contributed by atoms with Gasteiger partial charge in [0.2, 0.25) is 10.0 Å². The number of benzene rings is 2. The smallest absolute Gasteiger partial charge is 0.274 e. The Labute approximate surface area is 161 Å². The molecule has 2 aromatic carbocycles. The highest BCUT2D eigenvalue weighted by molar-refractivity contribution is 7.89. The van der Waals surface area contributed by atoms with Gasteiger partial charge in [0.1, 0.15) is 4.90 Å². The van der Waals surface area contributed by atoms with Gasteiger partial charge in [-0.3, -0.25) is 10.0 Å². The molecule has 3 rings (SSSR count). The van der Waals surface area contributed by atoms with Crippen LogP contribution in [0.25, 0.3) is 0 Å². The highest BCUT2D eigenvalue weighted by Crippen LogP contribution is 2.27. The van der Waals surface area contributed by atoms with Crippen LogP contribution >= 0.6 is 23.2 Å². The van der Waals surface area contributed by atoms with E-state index in [0.717, 1.165) is 11.1 Å². The fourth-order valence-electron chi connectivity index (χ4n) is 3.04. The summed E-state index contributed by atoms with van der Waals surface area (Å²) in [5.74, 6) is -0.608. The van der Waals surface area contributed by atoms with E-state index in [-0.39, 0.29) is 16.0 Å². The van der Waals surface area contributed by atoms with Crippen molar-refractivity contribution in [2.75, 3.05) is 0 Å². The van der Waals surface area contributed by atoms with E-state index in [0.29, 0.717) is 29.8 Å². The molecule has 26 heavy (non-hydrogen) atoms. The second-order valence-electron chi connectivity index (χ2n) is 6.06. The zero-order chi connectivity index (χ0) is 18.9. The Morgan fingerprint density at radius 3 is 2.58 bits per heavy atom. The number of amides is 1. The Kier molecular flexibility index (Phi) is 5.55. The Hall–Kier alpha value is -1.64. The maximum Gasteiger partial charge on any atom is 0.274 e. The molecule has 1 unspecified atom stereocenters. The van der Waals surface area contributed by atoms with E-state index in [1.54, 1.807) is 17.6 Å². The molecule has 138 valence electrons. The van der Waals surface area contributed by atoms with E-state index in [9.17, 15) is 13.2 Å². The number of fused-ring (bicyclic) bond motifs is 1. The van der Waals surface area contributed by atoms with Crippen LogP contribution in [0.2, 0.25) is 10.0 Å². The number of hydroxylamine groups is 1. The minimum absolute atomic E-state index is 0.0252. The average molecular weight is 415 g/mol. The van der Waals surface area contributed by atoms with Crippen LogP contribution in [0.4, 0.5) is 0 Å². The standard InChI is InChI=1S/C17H16Cl2N2O4S/c18-13-4-6-16(15(19)9-13)26(24,25)21-14-5-3-10-1-2-11(17(22)20-23)7-12(10)8-14/h1-2,4,6-7,9,14,21,23H,3,5,8H2,(H,20,22). The Morgan fingerprint density at radius 1 is 1.12 bits per heavy atom. The van der Waals surface area contributed by atoms with Crippen LogP contribution in [-0.2, 0) is 22.9 Å². The number of hydrogen-bond acceptors (Lipinski definition) is 4. The van der Waals surface area contributed by atoms with Crippen molar-refractivity contribution in [2.24, 2.45) is 0 Å². The van der Waals surface area contributed by atoms with Crippen molar-refractivity contribution in [3.05, 3.63) is 63.1 Å². The molecule has 0 aromatic heterocycles. The van der Waals surface area contributed by atoms with Gasteiger partial charge in [-0.15, -0.1) is 0 Å². The van der Waals surface area contributed by atoms with Gasteiger partial charge in [-0.05, 0) is 60.7 Å². The first-order valence-corrected chi connectivity index (χ1v) is 10.1. The normalized spacial score (nSPS) is 16.8. The molecular weight excluding hydrogens is 399 g/mol. The van der Waals surface area contributed by atoms with E-state index in [1.165, 1.54) is 18.2 Å². The van der Waals surface area contributed by atoms with Crippen molar-refractivity contribution in [1.29, 1.82) is 0 Å². The van der Waals surface area contributed by atoms with Gasteiger partial charge in [0.05, 0.1) is 5.02 Å². The molecule has 1 aliphatic carbocycles. The second-order valence-corrected chi connectivity index (χ2v) is 8.59. The molecule has 0 heterocycles. The summed E-state index contributed by atoms with van der Waals surface area (Å²) < 4.78 is 27.9. The van der Waals surface area contributed by atoms with Gasteiger partial charge in [0, 0.05) is 16.6 Å². The van der Waals surface area contributed by atoms with E-state index >= 15 is 0 Å². The summed E-state index contributed by atoms with van der Waals surface area (Å²) in [6.07, 6.45) is 1.74. The average Bonchev–Trinajstić information content (AvgIpc) is 2.59. The molecule has 1 amide bonds. The molecular formula is C17H16Cl2N2O4S. The first kappa shape index (κ1) is 19.1. The van der Waals surface area contributed by atoms with Crippen LogP contribution in [0, 0.1) is 0 Å². The number of halogens is 2. The molecule has 6 nitrogen and oxygen atoms in total. The van der Waals surface area contributed by atoms with Gasteiger partial charge in [0.15, 0.2) is 0 Å². The van der Waals surface area contributed by atoms with Gasteiger partial charge in [-0.25, -0.2) is 18.6 Å². The van der Waals surface area contributed by atoms with Crippen molar-refractivity contribution in [1.82, 2.24) is 10.2 Å². The number of hydrogen-bond donors (Lipinski definition) is 3. The highest BCUT2D eigenvalue weighted by atomic mass is 35.5. The minimum atomic E-state index is -3.80. The Balaban J connectivity index is 1.81. The second kappa shape index (κ2) is 7.54. The Morgan fingerprint density at radius 2 is 1.88 bits per heavy atom. The van der Waals surface area contributed by atoms with Gasteiger partial charge >= 0.3 is 0 Å². The zero-order valence-corrected chi connectivity index (χ0v) is 15.8. The Bertz CT molecular complexity index is 963. The SMILES string of the molecule is O=C(NO)c1ccc2c(c1)CC(NS(=O)(=O)c1ccc(Cl)cc1Cl)CC2. The molecule has 0 fully saturated rings. The van der Waals surface area contributed by atoms with Crippen molar-refractivity contribution in [3.63, 3.8) is 0 Å². The first-order chi connectivity index (χ1) is 12.3. The summed E-state index contributed by atoms with van der Waals surface area (Å²) in [6.45, 7) is 0. The number of aryl methyl sites for hydroxylation is 1. The predicted molar refractivity (Wildman–Crippen MR) is 98.3 cm³/mol. The number of carbonyl (C=O) groups is 1. The molecule has 0 radical (unpaired) electrons. The van der Waals surface area contributed by atoms with Crippen molar-refractivity contribution in [2.45, 2.75) is 30.2 Å². The van der Waals surface area contributed by atoms with Crippen LogP contribution in [0.3, 0.4) is 0 Å². The quantitative estimate of drug-likeness (QED) is 0.529. The van der Waals surface area contributed by atoms with Crippen LogP contribution in [0.1, 0.15) is 27.9 Å². The van der Waals surface area contributed by atoms with Crippen LogP contribution in [0.15, 0.2) is 41.3 Å². The van der Waals surface area contributed by atoms with Crippen LogP contribution in [-0.4, -0.2) is 25.6 Å². The number of nitrogens with one attached hydrogen (secondary N) is 2. The minimum Gasteiger partial charge on any atom is -0.288 e. The fourth-order valence-corrected chi connectivity index (χ4v) is 5.08. The molecule has 0 saturated heterocycles. The third-order valence-electron chi connectivity index (χ3n) is 4.30. The van der Waals surface area contributed by atoms with Gasteiger partial charge in [-0.1, -0.05) is 29.3 Å². The van der Waals surface area contributed by atoms with E-state index < -0.39 is 15.9 Å². The monoisotopic (exact) mass is 414 g/mol. The van der Waals surface area contributed by atoms with E-state index in [4.69, 9.17) is 28.4 Å². The van der Waals surface area contributed by atoms with Crippen molar-refractivity contribution < 1.29 is 18.4 Å². The van der Waals surface area contributed by atoms with Gasteiger partial charge < -0.3 is 0 Å². The molecule has 1 aliphatic rings. The summed E-state index contributed by atoms with van der Waals surface area (Å²) in [7, 11) is -3.80. The summed E-state index contributed by atoms with van der Waals surface area (Å²) in [6, 6.07) is 9.00. The lowest BCUT2D eigenvalue weighted by Crippen LogP contribution is -2.39. The van der Waals surface area contributed by atoms with Gasteiger partial charge in [-0.2, -0.15) is 0 Å². The van der Waals surface area contributed by atoms with Crippen LogP contribution in [0.5, 0.6) is 0 Å². The molecule has 2 aromatic rings. The molecule has 0 bridgehead atoms. The lowest BCUT2D eigenvalue weighted by molar-refractivity contribution is 0.0706. The summed E-state index contributed by atoms with van der Waals surface area (Å²) in [4.78, 5) is 11.5. The number of rotatable bonds is 4. The maximum atomic E-state index is 12.6. The topological polar surface area (TPSA) is 95.5 Å². The summed E-state index contributed by atoms with van der Waals surface area (Å²) >= 11 is 11.8. The third kappa shape index (κ3) is 4.02. The van der Waals surface area contributed by atoms with E-state index in [2.05, 4.69) is 4.72 Å².